The Bertz CT molecular complexity index is 751. The zero-order chi connectivity index (χ0) is 19.7. The number of nitrogens with zero attached hydrogens (tertiary/aromatic N) is 3. The van der Waals surface area contributed by atoms with Gasteiger partial charge < -0.3 is 24.6 Å². The molecule has 2 aliphatic heterocycles. The zero-order valence-corrected chi connectivity index (χ0v) is 17.0. The second kappa shape index (κ2) is 8.16. The van der Waals surface area contributed by atoms with Crippen molar-refractivity contribution in [2.45, 2.75) is 25.0 Å². The van der Waals surface area contributed by atoms with Gasteiger partial charge in [-0.1, -0.05) is 0 Å². The summed E-state index contributed by atoms with van der Waals surface area (Å²) in [5.74, 6) is 1.78. The van der Waals surface area contributed by atoms with E-state index in [1.807, 2.05) is 6.07 Å². The van der Waals surface area contributed by atoms with Crippen LogP contribution in [-0.2, 0) is 9.53 Å². The van der Waals surface area contributed by atoms with Crippen LogP contribution in [0.4, 0.5) is 5.69 Å². The van der Waals surface area contributed by atoms with Crippen LogP contribution in [0, 0.1) is 5.92 Å². The molecule has 28 heavy (non-hydrogen) atoms. The van der Waals surface area contributed by atoms with Gasteiger partial charge in [0.05, 0.1) is 18.6 Å². The average molecular weight is 407 g/mol. The molecule has 8 nitrogen and oxygen atoms in total. The fourth-order valence-electron chi connectivity index (χ4n) is 3.34. The van der Waals surface area contributed by atoms with Crippen LogP contribution in [0.15, 0.2) is 12.1 Å². The number of rotatable bonds is 7. The molecule has 3 heterocycles. The highest BCUT2D eigenvalue weighted by atomic mass is 32.2. The minimum absolute atomic E-state index is 0.147. The van der Waals surface area contributed by atoms with Crippen molar-refractivity contribution in [1.82, 2.24) is 15.2 Å². The van der Waals surface area contributed by atoms with E-state index in [2.05, 4.69) is 15.2 Å². The van der Waals surface area contributed by atoms with E-state index in [1.54, 1.807) is 36.9 Å². The number of hydrogen-bond donors (Lipinski definition) is 1. The number of hydrogen-bond acceptors (Lipinski definition) is 7. The van der Waals surface area contributed by atoms with Gasteiger partial charge in [-0.15, -0.1) is 11.8 Å². The molecule has 0 bridgehead atoms. The first-order chi connectivity index (χ1) is 13.6. The summed E-state index contributed by atoms with van der Waals surface area (Å²) in [4.78, 5) is 33.4. The molecule has 1 atom stereocenters. The third kappa shape index (κ3) is 3.91. The maximum Gasteiger partial charge on any atom is 0.273 e. The zero-order valence-electron chi connectivity index (χ0n) is 16.2. The van der Waals surface area contributed by atoms with Gasteiger partial charge in [0.2, 0.25) is 11.8 Å². The quantitative estimate of drug-likeness (QED) is 0.722. The van der Waals surface area contributed by atoms with Crippen LogP contribution < -0.4 is 15.0 Å². The lowest BCUT2D eigenvalue weighted by atomic mass is 10.1. The fraction of sp³-hybridized carbons (Fsp3) is 0.632. The Hall–Kier alpha value is -2.00. The Kier molecular flexibility index (Phi) is 5.63. The van der Waals surface area contributed by atoms with Crippen molar-refractivity contribution >= 4 is 29.3 Å². The Balaban J connectivity index is 1.54. The molecule has 9 heteroatoms. The maximum absolute atomic E-state index is 13.0. The topological polar surface area (TPSA) is 84.0 Å². The monoisotopic (exact) mass is 406 g/mol. The molecule has 3 fully saturated rings. The summed E-state index contributed by atoms with van der Waals surface area (Å²) in [5.41, 5.74) is 1.21. The normalized spacial score (nSPS) is 22.1. The lowest BCUT2D eigenvalue weighted by Crippen LogP contribution is -2.52. The molecular formula is C19H26N4O4S. The van der Waals surface area contributed by atoms with E-state index in [4.69, 9.17) is 9.47 Å². The highest BCUT2D eigenvalue weighted by Gasteiger charge is 2.36. The predicted octanol–water partition coefficient (Wildman–Crippen LogP) is 0.966. The van der Waals surface area contributed by atoms with Gasteiger partial charge >= 0.3 is 0 Å². The molecule has 2 amide bonds. The van der Waals surface area contributed by atoms with E-state index in [1.165, 1.54) is 12.8 Å². The van der Waals surface area contributed by atoms with E-state index >= 15 is 0 Å². The van der Waals surface area contributed by atoms with Gasteiger partial charge in [-0.05, 0) is 30.9 Å². The van der Waals surface area contributed by atoms with Crippen LogP contribution in [0.3, 0.4) is 0 Å². The van der Waals surface area contributed by atoms with Gasteiger partial charge in [0.15, 0.2) is 0 Å². The molecule has 0 radical (unpaired) electrons. The van der Waals surface area contributed by atoms with Gasteiger partial charge in [0.1, 0.15) is 17.4 Å². The first kappa shape index (κ1) is 19.3. The molecule has 1 saturated carbocycles. The number of aromatic nitrogens is 1. The molecule has 0 aromatic carbocycles. The highest BCUT2D eigenvalue weighted by Crippen LogP contribution is 2.35. The molecule has 1 unspecified atom stereocenters. The second-order valence-corrected chi connectivity index (χ2v) is 8.44. The van der Waals surface area contributed by atoms with E-state index in [9.17, 15) is 9.59 Å². The van der Waals surface area contributed by atoms with Gasteiger partial charge in [-0.3, -0.25) is 9.59 Å². The van der Waals surface area contributed by atoms with Crippen molar-refractivity contribution in [2.75, 3.05) is 50.4 Å². The number of nitrogens with one attached hydrogen (secondary N) is 1. The number of thioether (sulfide) groups is 1. The third-order valence-electron chi connectivity index (χ3n) is 5.43. The van der Waals surface area contributed by atoms with E-state index in [-0.39, 0.29) is 17.9 Å². The van der Waals surface area contributed by atoms with Gasteiger partial charge in [0, 0.05) is 33.0 Å². The molecule has 1 aromatic heterocycles. The minimum atomic E-state index is -0.461. The minimum Gasteiger partial charge on any atom is -0.476 e. The first-order valence-electron chi connectivity index (χ1n) is 9.62. The summed E-state index contributed by atoms with van der Waals surface area (Å²) in [6.45, 7) is 2.19. The number of pyridine rings is 1. The Morgan fingerprint density at radius 1 is 1.32 bits per heavy atom. The number of anilines is 1. The summed E-state index contributed by atoms with van der Waals surface area (Å²) in [5, 5.41) is 2.63. The molecular weight excluding hydrogens is 380 g/mol. The number of likely N-dealkylation sites (N-methyl/N-ethyl adjacent to an activating group) is 1. The standard InChI is InChI=1S/C19H26N4O4S/c1-20-17(24)16-10-28-11-23(16)19(25)14-5-6-15(22-7-13(8-22)26-2)18(21-14)27-9-12-3-4-12/h5-6,12-13,16H,3-4,7-11H2,1-2H3,(H,20,24). The highest BCUT2D eigenvalue weighted by molar-refractivity contribution is 7.99. The molecule has 1 aliphatic carbocycles. The van der Waals surface area contributed by atoms with Crippen LogP contribution in [0.25, 0.3) is 0 Å². The van der Waals surface area contributed by atoms with Crippen LogP contribution >= 0.6 is 11.8 Å². The third-order valence-corrected chi connectivity index (χ3v) is 6.44. The van der Waals surface area contributed by atoms with E-state index in [0.717, 1.165) is 18.8 Å². The molecule has 152 valence electrons. The average Bonchev–Trinajstić information content (AvgIpc) is 3.38. The summed E-state index contributed by atoms with van der Waals surface area (Å²) >= 11 is 1.57. The molecule has 2 saturated heterocycles. The number of amides is 2. The predicted molar refractivity (Wildman–Crippen MR) is 107 cm³/mol. The van der Waals surface area contributed by atoms with Crippen molar-refractivity contribution in [2.24, 2.45) is 5.92 Å². The number of methoxy groups -OCH3 is 1. The van der Waals surface area contributed by atoms with Gasteiger partial charge in [-0.25, -0.2) is 4.98 Å². The molecule has 1 aromatic rings. The Morgan fingerprint density at radius 3 is 2.79 bits per heavy atom. The summed E-state index contributed by atoms with van der Waals surface area (Å²) < 4.78 is 11.3. The van der Waals surface area contributed by atoms with Gasteiger partial charge in [-0.2, -0.15) is 0 Å². The fourth-order valence-corrected chi connectivity index (χ4v) is 4.49. The van der Waals surface area contributed by atoms with Crippen molar-refractivity contribution in [3.63, 3.8) is 0 Å². The van der Waals surface area contributed by atoms with Crippen molar-refractivity contribution in [1.29, 1.82) is 0 Å². The molecule has 3 aliphatic rings. The number of carbonyl (C=O) groups excluding carboxylic acids is 2. The van der Waals surface area contributed by atoms with Gasteiger partial charge in [0.25, 0.3) is 5.91 Å². The van der Waals surface area contributed by atoms with Crippen molar-refractivity contribution in [3.8, 4) is 5.88 Å². The number of carbonyl (C=O) groups is 2. The number of ether oxygens (including phenoxy) is 2. The Labute approximate surface area is 168 Å². The van der Waals surface area contributed by atoms with Crippen LogP contribution in [0.2, 0.25) is 0 Å². The summed E-state index contributed by atoms with van der Waals surface area (Å²) in [6, 6.07) is 3.16. The lowest BCUT2D eigenvalue weighted by Gasteiger charge is -2.40. The van der Waals surface area contributed by atoms with Crippen molar-refractivity contribution < 1.29 is 19.1 Å². The Morgan fingerprint density at radius 2 is 2.11 bits per heavy atom. The second-order valence-electron chi connectivity index (χ2n) is 7.44. The lowest BCUT2D eigenvalue weighted by molar-refractivity contribution is -0.123. The maximum atomic E-state index is 13.0. The van der Waals surface area contributed by atoms with E-state index in [0.29, 0.717) is 35.7 Å². The van der Waals surface area contributed by atoms with Crippen LogP contribution in [-0.4, -0.2) is 79.3 Å². The van der Waals surface area contributed by atoms with E-state index < -0.39 is 6.04 Å². The van der Waals surface area contributed by atoms with Crippen LogP contribution in [0.5, 0.6) is 5.88 Å². The smallest absolute Gasteiger partial charge is 0.273 e. The molecule has 1 N–H and O–H groups in total. The van der Waals surface area contributed by atoms with Crippen LogP contribution in [0.1, 0.15) is 23.3 Å². The SMILES string of the molecule is CNC(=O)C1CSCN1C(=O)c1ccc(N2CC(OC)C2)c(OCC2CC2)n1. The largest absolute Gasteiger partial charge is 0.476 e. The molecule has 0 spiro atoms. The summed E-state index contributed by atoms with van der Waals surface area (Å²) in [7, 11) is 3.30. The van der Waals surface area contributed by atoms with Crippen molar-refractivity contribution in [3.05, 3.63) is 17.8 Å². The summed E-state index contributed by atoms with van der Waals surface area (Å²) in [6.07, 6.45) is 2.58. The molecule has 4 rings (SSSR count). The first-order valence-corrected chi connectivity index (χ1v) is 10.8.